The summed E-state index contributed by atoms with van der Waals surface area (Å²) < 4.78 is 6.72. The Morgan fingerprint density at radius 2 is 1.44 bits per heavy atom. The first kappa shape index (κ1) is 26.7. The number of pyridine rings is 1. The highest BCUT2D eigenvalue weighted by atomic mass is 28.3. The van der Waals surface area contributed by atoms with Gasteiger partial charge in [-0.2, -0.15) is 5.26 Å². The Bertz CT molecular complexity index is 1950. The number of nitrogens with zero attached hydrogens (tertiary/aromatic N) is 2. The molecule has 2 heterocycles. The molecule has 0 N–H and O–H groups in total. The first-order valence-corrected chi connectivity index (χ1v) is 17.6. The van der Waals surface area contributed by atoms with E-state index in [-0.39, 0.29) is 5.41 Å². The lowest BCUT2D eigenvalue weighted by Crippen LogP contribution is -2.37. The summed E-state index contributed by atoms with van der Waals surface area (Å²) in [5.74, 6) is 0. The van der Waals surface area contributed by atoms with Gasteiger partial charge in [-0.3, -0.25) is 4.98 Å². The van der Waals surface area contributed by atoms with Crippen molar-refractivity contribution in [1.82, 2.24) is 4.98 Å². The second-order valence-corrected chi connectivity index (χ2v) is 17.9. The van der Waals surface area contributed by atoms with Gasteiger partial charge in [-0.05, 0) is 57.1 Å². The molecule has 4 aromatic carbocycles. The van der Waals surface area contributed by atoms with E-state index in [2.05, 4.69) is 107 Å². The summed E-state index contributed by atoms with van der Waals surface area (Å²) in [6.45, 7) is 13.7. The number of rotatable bonds is 4. The third-order valence-corrected chi connectivity index (χ3v) is 9.95. The fraction of sp³-hybridized carbons (Fsp3) is 0.189. The standard InChI is InChI=1S/C37H34N2OSi/c1-37(2,3)27-14-12-24(13-15-27)26-20-21-39-32(22-26)29-18-19-33(41(4,5)6)34-30-17-16-28(25-10-8-7-9-11-25)31(23-38)35(30)40-36(29)34/h7-22H,1-6H3. The van der Waals surface area contributed by atoms with Crippen LogP contribution in [0.25, 0.3) is 55.4 Å². The summed E-state index contributed by atoms with van der Waals surface area (Å²) in [4.78, 5) is 4.80. The molecule has 0 spiro atoms. The van der Waals surface area contributed by atoms with Crippen LogP contribution in [0.3, 0.4) is 0 Å². The summed E-state index contributed by atoms with van der Waals surface area (Å²) in [5, 5.41) is 13.8. The Balaban J connectivity index is 1.58. The van der Waals surface area contributed by atoms with Crippen LogP contribution in [0.5, 0.6) is 0 Å². The molecule has 2 aromatic heterocycles. The molecule has 6 aromatic rings. The van der Waals surface area contributed by atoms with Crippen LogP contribution in [0.1, 0.15) is 31.9 Å². The predicted molar refractivity (Wildman–Crippen MR) is 174 cm³/mol. The molecule has 3 nitrogen and oxygen atoms in total. The van der Waals surface area contributed by atoms with Gasteiger partial charge in [-0.25, -0.2) is 0 Å². The fourth-order valence-electron chi connectivity index (χ4n) is 5.66. The first-order chi connectivity index (χ1) is 19.6. The number of hydrogen-bond acceptors (Lipinski definition) is 3. The van der Waals surface area contributed by atoms with Gasteiger partial charge < -0.3 is 4.42 Å². The number of nitriles is 1. The van der Waals surface area contributed by atoms with Crippen LogP contribution in [0, 0.1) is 11.3 Å². The lowest BCUT2D eigenvalue weighted by molar-refractivity contribution is 0.590. The summed E-state index contributed by atoms with van der Waals surface area (Å²) in [6.07, 6.45) is 1.87. The number of benzene rings is 4. The lowest BCUT2D eigenvalue weighted by atomic mass is 9.86. The first-order valence-electron chi connectivity index (χ1n) is 14.1. The van der Waals surface area contributed by atoms with E-state index in [9.17, 15) is 5.26 Å². The van der Waals surface area contributed by atoms with Gasteiger partial charge in [0.15, 0.2) is 5.58 Å². The number of furan rings is 1. The Kier molecular flexibility index (Phi) is 6.44. The molecule has 0 atom stereocenters. The second kappa shape index (κ2) is 9.87. The topological polar surface area (TPSA) is 49.8 Å². The zero-order valence-electron chi connectivity index (χ0n) is 24.5. The average Bonchev–Trinajstić information content (AvgIpc) is 3.35. The third kappa shape index (κ3) is 4.77. The van der Waals surface area contributed by atoms with Crippen LogP contribution in [0.2, 0.25) is 19.6 Å². The molecule has 0 fully saturated rings. The predicted octanol–water partition coefficient (Wildman–Crippen LogP) is 9.70. The Hall–Kier alpha value is -4.46. The average molecular weight is 551 g/mol. The number of fused-ring (bicyclic) bond motifs is 3. The minimum absolute atomic E-state index is 0.107. The quantitative estimate of drug-likeness (QED) is 0.205. The fourth-order valence-corrected chi connectivity index (χ4v) is 7.24. The van der Waals surface area contributed by atoms with Crippen molar-refractivity contribution < 1.29 is 4.42 Å². The van der Waals surface area contributed by atoms with E-state index in [4.69, 9.17) is 9.40 Å². The summed E-state index contributed by atoms with van der Waals surface area (Å²) in [6, 6.07) is 34.1. The maximum Gasteiger partial charge on any atom is 0.153 e. The molecule has 6 rings (SSSR count). The maximum absolute atomic E-state index is 10.3. The summed E-state index contributed by atoms with van der Waals surface area (Å²) in [5.41, 5.74) is 9.38. The molecule has 0 saturated heterocycles. The van der Waals surface area contributed by atoms with Crippen LogP contribution in [0.4, 0.5) is 0 Å². The van der Waals surface area contributed by atoms with Gasteiger partial charge in [-0.1, -0.05) is 107 Å². The van der Waals surface area contributed by atoms with Gasteiger partial charge in [0.1, 0.15) is 17.2 Å². The molecule has 0 unspecified atom stereocenters. The van der Waals surface area contributed by atoms with E-state index in [1.165, 1.54) is 10.8 Å². The number of hydrogen-bond donors (Lipinski definition) is 0. The zero-order chi connectivity index (χ0) is 28.9. The van der Waals surface area contributed by atoms with E-state index >= 15 is 0 Å². The number of aromatic nitrogens is 1. The monoisotopic (exact) mass is 550 g/mol. The second-order valence-electron chi connectivity index (χ2n) is 12.8. The summed E-state index contributed by atoms with van der Waals surface area (Å²) >= 11 is 0. The smallest absolute Gasteiger partial charge is 0.153 e. The lowest BCUT2D eigenvalue weighted by Gasteiger charge is -2.19. The zero-order valence-corrected chi connectivity index (χ0v) is 25.5. The van der Waals surface area contributed by atoms with Crippen molar-refractivity contribution in [3.05, 3.63) is 108 Å². The molecule has 41 heavy (non-hydrogen) atoms. The van der Waals surface area contributed by atoms with Crippen molar-refractivity contribution in [3.63, 3.8) is 0 Å². The van der Waals surface area contributed by atoms with E-state index in [0.29, 0.717) is 11.1 Å². The van der Waals surface area contributed by atoms with Crippen LogP contribution < -0.4 is 5.19 Å². The van der Waals surface area contributed by atoms with Crippen molar-refractivity contribution in [1.29, 1.82) is 5.26 Å². The largest absolute Gasteiger partial charge is 0.454 e. The highest BCUT2D eigenvalue weighted by Crippen LogP contribution is 2.40. The minimum Gasteiger partial charge on any atom is -0.454 e. The maximum atomic E-state index is 10.3. The van der Waals surface area contributed by atoms with Gasteiger partial charge in [-0.15, -0.1) is 0 Å². The van der Waals surface area contributed by atoms with E-state index in [0.717, 1.165) is 49.9 Å². The van der Waals surface area contributed by atoms with Crippen molar-refractivity contribution in [2.45, 2.75) is 45.8 Å². The molecule has 202 valence electrons. The molecule has 0 aliphatic heterocycles. The molecule has 0 amide bonds. The minimum atomic E-state index is -1.76. The molecule has 0 aliphatic rings. The van der Waals surface area contributed by atoms with Crippen molar-refractivity contribution in [2.75, 3.05) is 0 Å². The Morgan fingerprint density at radius 3 is 2.10 bits per heavy atom. The van der Waals surface area contributed by atoms with Crippen molar-refractivity contribution in [2.24, 2.45) is 0 Å². The van der Waals surface area contributed by atoms with Gasteiger partial charge in [0.05, 0.1) is 13.8 Å². The van der Waals surface area contributed by atoms with E-state index in [1.807, 2.05) is 36.5 Å². The highest BCUT2D eigenvalue weighted by molar-refractivity contribution is 6.90. The molecular weight excluding hydrogens is 517 g/mol. The SMILES string of the molecule is CC(C)(C)c1ccc(-c2ccnc(-c3ccc([Si](C)(C)C)c4c3oc3c(C#N)c(-c5ccccc5)ccc34)c2)cc1. The molecule has 4 heteroatoms. The van der Waals surface area contributed by atoms with Crippen molar-refractivity contribution in [3.8, 4) is 39.6 Å². The van der Waals surface area contributed by atoms with Gasteiger partial charge >= 0.3 is 0 Å². The van der Waals surface area contributed by atoms with Crippen LogP contribution in [-0.2, 0) is 5.41 Å². The third-order valence-electron chi connectivity index (χ3n) is 7.91. The van der Waals surface area contributed by atoms with E-state index in [1.54, 1.807) is 0 Å². The molecule has 0 aliphatic carbocycles. The molecular formula is C37H34N2OSi. The van der Waals surface area contributed by atoms with Crippen LogP contribution in [0.15, 0.2) is 102 Å². The van der Waals surface area contributed by atoms with Crippen LogP contribution in [-0.4, -0.2) is 13.1 Å². The van der Waals surface area contributed by atoms with E-state index < -0.39 is 8.07 Å². The normalized spacial score (nSPS) is 12.1. The summed E-state index contributed by atoms with van der Waals surface area (Å²) in [7, 11) is -1.76. The van der Waals surface area contributed by atoms with Gasteiger partial charge in [0.2, 0.25) is 0 Å². The Labute approximate surface area is 243 Å². The van der Waals surface area contributed by atoms with Crippen molar-refractivity contribution >= 4 is 35.2 Å². The van der Waals surface area contributed by atoms with Gasteiger partial charge in [0.25, 0.3) is 0 Å². The highest BCUT2D eigenvalue weighted by Gasteiger charge is 2.26. The van der Waals surface area contributed by atoms with Crippen LogP contribution >= 0.6 is 0 Å². The Morgan fingerprint density at radius 1 is 0.732 bits per heavy atom. The molecule has 0 bridgehead atoms. The van der Waals surface area contributed by atoms with Gasteiger partial charge in [0, 0.05) is 28.1 Å². The molecule has 0 radical (unpaired) electrons. The molecule has 0 saturated carbocycles.